The third-order valence-electron chi connectivity index (χ3n) is 0.377. The quantitative estimate of drug-likeness (QED) is 0.187. The van der Waals surface area contributed by atoms with E-state index in [4.69, 9.17) is 34.8 Å². The van der Waals surface area contributed by atoms with Crippen LogP contribution in [0.2, 0.25) is 0 Å². The smallest absolute Gasteiger partial charge is 0.556 e. The second kappa shape index (κ2) is 23.9. The van der Waals surface area contributed by atoms with Crippen LogP contribution in [0.15, 0.2) is 0 Å². The zero-order valence-corrected chi connectivity index (χ0v) is 10.3. The van der Waals surface area contributed by atoms with E-state index in [1.54, 1.807) is 0 Å². The number of hydrogen-bond donors (Lipinski definition) is 4. The van der Waals surface area contributed by atoms with Gasteiger partial charge in [0.25, 0.3) is 0 Å². The van der Waals surface area contributed by atoms with Crippen molar-refractivity contribution in [1.29, 1.82) is 0 Å². The van der Waals surface area contributed by atoms with E-state index in [2.05, 4.69) is 0 Å². The topological polar surface area (TPSA) is 281 Å². The molecule has 0 saturated heterocycles. The van der Waals surface area contributed by atoms with Crippen LogP contribution in [0.25, 0.3) is 0 Å². The molecule has 13 heteroatoms. The molecule has 0 aromatic carbocycles. The Morgan fingerprint density at radius 3 is 0.824 bits per heavy atom. The van der Waals surface area contributed by atoms with E-state index in [-0.39, 0.29) is 45.0 Å². The van der Waals surface area contributed by atoms with Gasteiger partial charge in [-0.25, -0.2) is 14.4 Å². The minimum Gasteiger partial charge on any atom is -0.556 e. The maximum Gasteiger partial charge on any atom is 0.627 e. The van der Waals surface area contributed by atoms with Crippen LogP contribution in [0.1, 0.15) is 0 Å². The summed E-state index contributed by atoms with van der Waals surface area (Å²) in [6.45, 7) is 0. The first-order valence-corrected chi connectivity index (χ1v) is 2.24. The molecule has 0 bridgehead atoms. The predicted molar refractivity (Wildman–Crippen MR) is 47.4 cm³/mol. The Labute approximate surface area is 109 Å². The average molecular weight is 345 g/mol. The second-order valence-electron chi connectivity index (χ2n) is 1.24. The summed E-state index contributed by atoms with van der Waals surface area (Å²) in [4.78, 5) is 36.6. The van der Waals surface area contributed by atoms with Gasteiger partial charge in [0.05, 0.1) is 4.79 Å². The fourth-order valence-corrected chi connectivity index (χ4v) is 0. The first-order chi connectivity index (χ1) is 5.29. The fraction of sp³-hybridized carbons (Fsp3) is 0. The summed E-state index contributed by atoms with van der Waals surface area (Å²) < 4.78 is 0. The standard InChI is InChI=1S/2C2H2O4.H3N.Nb.3H2O/c2*3-1(4)2(5)6;;;;;/h2*(H,3,4)(H,5,6);1H3;;3*1H2/p+1. The van der Waals surface area contributed by atoms with Gasteiger partial charge in [0, 0.05) is 22.4 Å². The molecule has 17 heavy (non-hydrogen) atoms. The van der Waals surface area contributed by atoms with Crippen molar-refractivity contribution in [3.05, 3.63) is 0 Å². The van der Waals surface area contributed by atoms with Gasteiger partial charge in [-0.15, -0.1) is 0 Å². The summed E-state index contributed by atoms with van der Waals surface area (Å²) in [6, 6.07) is 0. The third kappa shape index (κ3) is 53.8. The van der Waals surface area contributed by atoms with Crippen molar-refractivity contribution in [2.45, 2.75) is 0 Å². The number of carboxylic acids is 3. The maximum atomic E-state index is 9.21. The summed E-state index contributed by atoms with van der Waals surface area (Å²) in [7, 11) is 0. The summed E-state index contributed by atoms with van der Waals surface area (Å²) >= 11 is 0. The fourth-order valence-electron chi connectivity index (χ4n) is 0. The molecule has 0 aliphatic rings. The third-order valence-corrected chi connectivity index (χ3v) is 0.377. The van der Waals surface area contributed by atoms with Crippen LogP contribution in [-0.2, 0) is 41.6 Å². The van der Waals surface area contributed by atoms with Gasteiger partial charge in [-0.3, -0.25) is 0 Å². The van der Waals surface area contributed by atoms with Crippen molar-refractivity contribution in [2.75, 3.05) is 0 Å². The van der Waals surface area contributed by atoms with Crippen LogP contribution in [-0.4, -0.2) is 60.7 Å². The molecule has 12 nitrogen and oxygen atoms in total. The SMILES string of the molecule is N.O.O.O.O=C(O)C(=O)O.O=C(O)C(=O)[OH2+].[Nb]. The molecular weight excluding hydrogens is 331 g/mol. The van der Waals surface area contributed by atoms with Gasteiger partial charge in [0.15, 0.2) is 0 Å². The Morgan fingerprint density at radius 2 is 0.824 bits per heavy atom. The number of hydrogen-bond acceptors (Lipinski definition) is 5. The van der Waals surface area contributed by atoms with E-state index in [1.807, 2.05) is 0 Å². The van der Waals surface area contributed by atoms with Crippen molar-refractivity contribution >= 4 is 23.9 Å². The molecule has 0 fully saturated rings. The van der Waals surface area contributed by atoms with Gasteiger partial charge < -0.3 is 43.0 Å². The van der Waals surface area contributed by atoms with Gasteiger partial charge in [-0.1, -0.05) is 0 Å². The number of rotatable bonds is 0. The first kappa shape index (κ1) is 45.2. The van der Waals surface area contributed by atoms with Crippen LogP contribution in [0.4, 0.5) is 0 Å². The Balaban J connectivity index is -0.0000000182. The molecule has 0 rings (SSSR count). The number of carbonyl (C=O) groups excluding carboxylic acids is 1. The Kier molecular flexibility index (Phi) is 63.6. The zero-order chi connectivity index (χ0) is 10.3. The van der Waals surface area contributed by atoms with E-state index in [9.17, 15) is 4.79 Å². The summed E-state index contributed by atoms with van der Waals surface area (Å²) in [6.07, 6.45) is 0. The van der Waals surface area contributed by atoms with E-state index in [0.29, 0.717) is 0 Å². The molecule has 0 aliphatic carbocycles. The molecule has 0 unspecified atom stereocenters. The molecule has 0 heterocycles. The van der Waals surface area contributed by atoms with Crippen LogP contribution in [0.3, 0.4) is 0 Å². The van der Waals surface area contributed by atoms with Gasteiger partial charge in [0.2, 0.25) is 0 Å². The Morgan fingerprint density at radius 1 is 0.706 bits per heavy atom. The molecule has 0 saturated carbocycles. The maximum absolute atomic E-state index is 9.21. The predicted octanol–water partition coefficient (Wildman–Crippen LogP) is -4.84. The number of carboxylic acid groups (broad SMARTS) is 3. The van der Waals surface area contributed by atoms with Gasteiger partial charge in [-0.2, -0.15) is 0 Å². The molecule has 0 aliphatic heterocycles. The van der Waals surface area contributed by atoms with Crippen LogP contribution >= 0.6 is 0 Å². The average Bonchev–Trinajstić information content (AvgIpc) is 1.88. The summed E-state index contributed by atoms with van der Waals surface area (Å²) in [5.74, 6) is -6.94. The molecule has 0 amide bonds. The van der Waals surface area contributed by atoms with Gasteiger partial charge in [0.1, 0.15) is 0 Å². The monoisotopic (exact) mass is 345 g/mol. The normalized spacial score (nSPS) is 5.18. The van der Waals surface area contributed by atoms with E-state index in [1.165, 1.54) is 0 Å². The number of carbonyl (C=O) groups is 4. The van der Waals surface area contributed by atoms with Crippen LogP contribution < -0.4 is 6.15 Å². The second-order valence-corrected chi connectivity index (χ2v) is 1.24. The Bertz CT molecular complexity index is 180. The summed E-state index contributed by atoms with van der Waals surface area (Å²) in [5.41, 5.74) is 0. The van der Waals surface area contributed by atoms with Gasteiger partial charge >= 0.3 is 23.9 Å². The molecule has 105 valence electrons. The largest absolute Gasteiger partial charge is 0.627 e. The van der Waals surface area contributed by atoms with E-state index in [0.717, 1.165) is 0 Å². The van der Waals surface area contributed by atoms with Crippen LogP contribution in [0.5, 0.6) is 0 Å². The van der Waals surface area contributed by atoms with E-state index < -0.39 is 23.9 Å². The van der Waals surface area contributed by atoms with Crippen molar-refractivity contribution in [3.8, 4) is 0 Å². The molecule has 0 aromatic rings. The molecular formula is C4H14NNbO11+. The minimum atomic E-state index is -1.82. The molecule has 0 aromatic heterocycles. The van der Waals surface area contributed by atoms with Crippen LogP contribution in [0, 0.1) is 0 Å². The minimum absolute atomic E-state index is 0. The molecule has 0 spiro atoms. The summed E-state index contributed by atoms with van der Waals surface area (Å²) in [5, 5.41) is 28.0. The van der Waals surface area contributed by atoms with Crippen molar-refractivity contribution in [3.63, 3.8) is 0 Å². The number of aliphatic carboxylic acids is 3. The molecule has 1 radical (unpaired) electrons. The van der Waals surface area contributed by atoms with E-state index >= 15 is 0 Å². The first-order valence-electron chi connectivity index (χ1n) is 2.24. The van der Waals surface area contributed by atoms with Crippen molar-refractivity contribution in [2.24, 2.45) is 0 Å². The van der Waals surface area contributed by atoms with Crippen molar-refractivity contribution < 1.29 is 78.4 Å². The molecule has 0 atom stereocenters. The molecule has 14 N–H and O–H groups in total. The zero-order valence-electron chi connectivity index (χ0n) is 8.13. The van der Waals surface area contributed by atoms with Gasteiger partial charge in [-0.05, 0) is 0 Å². The Hall–Kier alpha value is -1.54. The van der Waals surface area contributed by atoms with Crippen molar-refractivity contribution in [1.82, 2.24) is 6.15 Å².